The van der Waals surface area contributed by atoms with Gasteiger partial charge < -0.3 is 10.2 Å². The lowest BCUT2D eigenvalue weighted by atomic mass is 9.73. The minimum Gasteiger partial charge on any atom is -0.337 e. The summed E-state index contributed by atoms with van der Waals surface area (Å²) in [5.74, 6) is 0.131. The van der Waals surface area contributed by atoms with Gasteiger partial charge in [-0.05, 0) is 49.2 Å². The summed E-state index contributed by atoms with van der Waals surface area (Å²) in [5.41, 5.74) is 2.44. The van der Waals surface area contributed by atoms with E-state index in [2.05, 4.69) is 17.2 Å². The second-order valence-corrected chi connectivity index (χ2v) is 8.14. The quantitative estimate of drug-likeness (QED) is 0.821. The van der Waals surface area contributed by atoms with E-state index in [4.69, 9.17) is 0 Å². The maximum Gasteiger partial charge on any atom is 0.237 e. The van der Waals surface area contributed by atoms with Gasteiger partial charge in [0, 0.05) is 31.2 Å². The van der Waals surface area contributed by atoms with Gasteiger partial charge in [-0.25, -0.2) is 0 Å². The number of likely N-dealkylation sites (tertiary alicyclic amines) is 1. The molecule has 0 radical (unpaired) electrons. The Morgan fingerprint density at radius 1 is 1.28 bits per heavy atom. The Hall–Kier alpha value is -2.73. The first-order chi connectivity index (χ1) is 14.1. The molecule has 2 aromatic rings. The molecular formula is C23H28N4O2. The number of fused-ring (bicyclic) bond motifs is 2. The number of amides is 2. The van der Waals surface area contributed by atoms with E-state index >= 15 is 0 Å². The summed E-state index contributed by atoms with van der Waals surface area (Å²) >= 11 is 0. The van der Waals surface area contributed by atoms with Gasteiger partial charge in [0.25, 0.3) is 0 Å². The average molecular weight is 393 g/mol. The summed E-state index contributed by atoms with van der Waals surface area (Å²) in [6.45, 7) is 3.76. The van der Waals surface area contributed by atoms with Crippen LogP contribution in [0.5, 0.6) is 0 Å². The zero-order valence-electron chi connectivity index (χ0n) is 17.1. The molecule has 0 bridgehead atoms. The van der Waals surface area contributed by atoms with Gasteiger partial charge in [-0.3, -0.25) is 19.5 Å². The van der Waals surface area contributed by atoms with E-state index < -0.39 is 5.41 Å². The molecule has 1 spiro atoms. The first-order valence-electron chi connectivity index (χ1n) is 10.3. The van der Waals surface area contributed by atoms with Crippen molar-refractivity contribution >= 4 is 17.5 Å². The third-order valence-electron chi connectivity index (χ3n) is 6.24. The Bertz CT molecular complexity index is 901. The van der Waals surface area contributed by atoms with Crippen LogP contribution in [0.4, 0.5) is 5.69 Å². The highest BCUT2D eigenvalue weighted by atomic mass is 16.2. The largest absolute Gasteiger partial charge is 0.337 e. The summed E-state index contributed by atoms with van der Waals surface area (Å²) in [6.07, 6.45) is 5.96. The zero-order chi connectivity index (χ0) is 20.4. The Labute approximate surface area is 171 Å². The molecule has 0 saturated carbocycles. The number of nitrogens with zero attached hydrogens (tertiary/aromatic N) is 3. The molecule has 3 heterocycles. The molecule has 2 aliphatic heterocycles. The van der Waals surface area contributed by atoms with Gasteiger partial charge in [0.1, 0.15) is 0 Å². The third kappa shape index (κ3) is 3.42. The van der Waals surface area contributed by atoms with Crippen molar-refractivity contribution in [3.63, 3.8) is 0 Å². The summed E-state index contributed by atoms with van der Waals surface area (Å²) in [4.78, 5) is 34.4. The van der Waals surface area contributed by atoms with Crippen LogP contribution in [-0.4, -0.2) is 52.8 Å². The van der Waals surface area contributed by atoms with Crippen LogP contribution >= 0.6 is 0 Å². The Morgan fingerprint density at radius 3 is 2.79 bits per heavy atom. The van der Waals surface area contributed by atoms with E-state index in [0.29, 0.717) is 26.1 Å². The fourth-order valence-electron chi connectivity index (χ4n) is 4.95. The first-order valence-corrected chi connectivity index (χ1v) is 10.3. The minimum absolute atomic E-state index is 0.0394. The highest BCUT2D eigenvalue weighted by Crippen LogP contribution is 2.49. The molecule has 1 fully saturated rings. The van der Waals surface area contributed by atoms with E-state index in [-0.39, 0.29) is 17.9 Å². The highest BCUT2D eigenvalue weighted by Gasteiger charge is 2.58. The number of hydrogen-bond acceptors (Lipinski definition) is 4. The van der Waals surface area contributed by atoms with Crippen molar-refractivity contribution in [2.75, 3.05) is 25.5 Å². The van der Waals surface area contributed by atoms with Gasteiger partial charge in [-0.15, -0.1) is 0 Å². The van der Waals surface area contributed by atoms with Gasteiger partial charge in [-0.1, -0.05) is 31.5 Å². The SMILES string of the molecule is CCC[C@@H]1N(C(=O)CN(C)Cc2ccncc2)CC[C@@]12C(=O)Nc1ccccc12. The topological polar surface area (TPSA) is 65.5 Å². The van der Waals surface area contributed by atoms with Crippen LogP contribution in [0.15, 0.2) is 48.8 Å². The van der Waals surface area contributed by atoms with Crippen LogP contribution in [0.1, 0.15) is 37.3 Å². The molecule has 2 amide bonds. The Morgan fingerprint density at radius 2 is 2.03 bits per heavy atom. The number of anilines is 1. The molecule has 1 saturated heterocycles. The van der Waals surface area contributed by atoms with Crippen LogP contribution in [0.2, 0.25) is 0 Å². The average Bonchev–Trinajstić information content (AvgIpc) is 3.22. The van der Waals surface area contributed by atoms with Crippen LogP contribution in [-0.2, 0) is 21.5 Å². The number of para-hydroxylation sites is 1. The molecule has 4 rings (SSSR count). The number of benzene rings is 1. The predicted octanol–water partition coefficient (Wildman–Crippen LogP) is 2.80. The minimum atomic E-state index is -0.619. The summed E-state index contributed by atoms with van der Waals surface area (Å²) in [5, 5.41) is 3.06. The number of hydrogen-bond donors (Lipinski definition) is 1. The van der Waals surface area contributed by atoms with Crippen LogP contribution in [0.3, 0.4) is 0 Å². The summed E-state index contributed by atoms with van der Waals surface area (Å²) < 4.78 is 0. The molecule has 152 valence electrons. The van der Waals surface area contributed by atoms with E-state index in [1.54, 1.807) is 12.4 Å². The van der Waals surface area contributed by atoms with Crippen LogP contribution in [0, 0.1) is 0 Å². The molecule has 0 unspecified atom stereocenters. The number of nitrogens with one attached hydrogen (secondary N) is 1. The van der Waals surface area contributed by atoms with E-state index in [9.17, 15) is 9.59 Å². The van der Waals surface area contributed by atoms with Crippen molar-refractivity contribution in [2.45, 2.75) is 44.2 Å². The predicted molar refractivity (Wildman–Crippen MR) is 112 cm³/mol. The molecule has 6 nitrogen and oxygen atoms in total. The molecule has 29 heavy (non-hydrogen) atoms. The van der Waals surface area contributed by atoms with Gasteiger partial charge in [0.05, 0.1) is 18.0 Å². The lowest BCUT2D eigenvalue weighted by Gasteiger charge is -2.34. The number of carbonyl (C=O) groups is 2. The Balaban J connectivity index is 1.54. The van der Waals surface area contributed by atoms with Gasteiger partial charge in [-0.2, -0.15) is 0 Å². The maximum absolute atomic E-state index is 13.2. The van der Waals surface area contributed by atoms with Crippen molar-refractivity contribution in [2.24, 2.45) is 0 Å². The lowest BCUT2D eigenvalue weighted by molar-refractivity contribution is -0.134. The van der Waals surface area contributed by atoms with Crippen molar-refractivity contribution in [3.8, 4) is 0 Å². The lowest BCUT2D eigenvalue weighted by Crippen LogP contribution is -2.50. The second-order valence-electron chi connectivity index (χ2n) is 8.14. The van der Waals surface area contributed by atoms with Crippen LogP contribution in [0.25, 0.3) is 0 Å². The number of rotatable bonds is 6. The molecule has 1 aromatic carbocycles. The molecule has 1 N–H and O–H groups in total. The number of likely N-dealkylation sites (N-methyl/N-ethyl adjacent to an activating group) is 1. The number of pyridine rings is 1. The van der Waals surface area contributed by atoms with Crippen LogP contribution < -0.4 is 5.32 Å². The van der Waals surface area contributed by atoms with Gasteiger partial charge >= 0.3 is 0 Å². The van der Waals surface area contributed by atoms with E-state index in [1.165, 1.54) is 0 Å². The van der Waals surface area contributed by atoms with Gasteiger partial charge in [0.2, 0.25) is 11.8 Å². The van der Waals surface area contributed by atoms with Crippen molar-refractivity contribution < 1.29 is 9.59 Å². The molecule has 1 aromatic heterocycles. The first kappa shape index (κ1) is 19.6. The van der Waals surface area contributed by atoms with Crippen molar-refractivity contribution in [3.05, 3.63) is 59.9 Å². The zero-order valence-corrected chi connectivity index (χ0v) is 17.1. The van der Waals surface area contributed by atoms with Crippen molar-refractivity contribution in [1.29, 1.82) is 0 Å². The second kappa shape index (κ2) is 7.95. The number of aromatic nitrogens is 1. The highest BCUT2D eigenvalue weighted by molar-refractivity contribution is 6.07. The summed E-state index contributed by atoms with van der Waals surface area (Å²) in [6, 6.07) is 11.8. The van der Waals surface area contributed by atoms with Gasteiger partial charge in [0.15, 0.2) is 0 Å². The fourth-order valence-corrected chi connectivity index (χ4v) is 4.95. The molecule has 6 heteroatoms. The normalized spacial score (nSPS) is 22.9. The molecule has 2 atom stereocenters. The molecular weight excluding hydrogens is 364 g/mol. The standard InChI is InChI=1S/C23H28N4O2/c1-3-6-20-23(18-7-4-5-8-19(18)25-22(23)29)11-14-27(20)21(28)16-26(2)15-17-9-12-24-13-10-17/h4-5,7-10,12-13,20H,3,6,11,14-16H2,1-2H3,(H,25,29)/t20-,23-/m0/s1. The summed E-state index contributed by atoms with van der Waals surface area (Å²) in [7, 11) is 1.95. The van der Waals surface area contributed by atoms with E-state index in [0.717, 1.165) is 29.7 Å². The number of carbonyl (C=O) groups excluding carboxylic acids is 2. The monoisotopic (exact) mass is 392 g/mol. The van der Waals surface area contributed by atoms with Crippen molar-refractivity contribution in [1.82, 2.24) is 14.8 Å². The Kier molecular flexibility index (Phi) is 5.37. The maximum atomic E-state index is 13.2. The third-order valence-corrected chi connectivity index (χ3v) is 6.24. The molecule has 2 aliphatic rings. The smallest absolute Gasteiger partial charge is 0.237 e. The van der Waals surface area contributed by atoms with E-state index in [1.807, 2.05) is 53.2 Å². The fraction of sp³-hybridized carbons (Fsp3) is 0.435. The molecule has 0 aliphatic carbocycles.